The maximum absolute atomic E-state index is 13.1. The Morgan fingerprint density at radius 3 is 2.12 bits per heavy atom. The largest absolute Gasteiger partial charge is 0.497 e. The van der Waals surface area contributed by atoms with E-state index in [0.717, 1.165) is 21.9 Å². The number of hydrogen-bond donors (Lipinski definition) is 0. The average Bonchev–Trinajstić information content (AvgIpc) is 2.62. The van der Waals surface area contributed by atoms with Gasteiger partial charge in [0.1, 0.15) is 11.8 Å². The second kappa shape index (κ2) is 8.33. The van der Waals surface area contributed by atoms with Crippen LogP contribution in [0.3, 0.4) is 0 Å². The molecular weight excluding hydrogens is 352 g/mol. The van der Waals surface area contributed by atoms with E-state index in [1.807, 2.05) is 30.3 Å². The number of ether oxygens (including phenoxy) is 1. The van der Waals surface area contributed by atoms with Gasteiger partial charge in [0.2, 0.25) is 15.9 Å². The van der Waals surface area contributed by atoms with Gasteiger partial charge in [0.25, 0.3) is 0 Å². The van der Waals surface area contributed by atoms with Crippen LogP contribution in [0.25, 0.3) is 0 Å². The van der Waals surface area contributed by atoms with Gasteiger partial charge in [-0.15, -0.1) is 0 Å². The molecule has 0 bridgehead atoms. The zero-order chi connectivity index (χ0) is 19.3. The first-order valence-electron chi connectivity index (χ1n) is 8.10. The van der Waals surface area contributed by atoms with E-state index in [1.165, 1.54) is 11.9 Å². The van der Waals surface area contributed by atoms with E-state index in [2.05, 4.69) is 0 Å². The fraction of sp³-hybridized carbons (Fsp3) is 0.316. The minimum atomic E-state index is -3.54. The summed E-state index contributed by atoms with van der Waals surface area (Å²) in [6.45, 7) is 0.365. The van der Waals surface area contributed by atoms with Gasteiger partial charge in [-0.05, 0) is 23.3 Å². The summed E-state index contributed by atoms with van der Waals surface area (Å²) in [5, 5.41) is 0. The molecule has 0 fully saturated rings. The van der Waals surface area contributed by atoms with E-state index in [1.54, 1.807) is 38.4 Å². The third-order valence-electron chi connectivity index (χ3n) is 4.19. The minimum Gasteiger partial charge on any atom is -0.497 e. The number of sulfonamides is 1. The van der Waals surface area contributed by atoms with Crippen LogP contribution in [0.2, 0.25) is 0 Å². The quantitative estimate of drug-likeness (QED) is 0.744. The highest BCUT2D eigenvalue weighted by Crippen LogP contribution is 2.24. The van der Waals surface area contributed by atoms with Crippen molar-refractivity contribution >= 4 is 15.9 Å². The molecule has 0 aliphatic rings. The smallest absolute Gasteiger partial charge is 0.245 e. The maximum Gasteiger partial charge on any atom is 0.245 e. The van der Waals surface area contributed by atoms with Crippen LogP contribution in [0.15, 0.2) is 54.6 Å². The summed E-state index contributed by atoms with van der Waals surface area (Å²) in [4.78, 5) is 14.6. The Balaban J connectivity index is 2.27. The van der Waals surface area contributed by atoms with Gasteiger partial charge in [-0.1, -0.05) is 42.5 Å². The predicted octanol–water partition coefficient (Wildman–Crippen LogP) is 2.29. The van der Waals surface area contributed by atoms with Crippen molar-refractivity contribution < 1.29 is 17.9 Å². The monoisotopic (exact) mass is 376 g/mol. The average molecular weight is 376 g/mol. The van der Waals surface area contributed by atoms with Gasteiger partial charge in [-0.3, -0.25) is 4.79 Å². The summed E-state index contributed by atoms with van der Waals surface area (Å²) in [5.74, 6) is 0.446. The first-order chi connectivity index (χ1) is 12.2. The highest BCUT2D eigenvalue weighted by Gasteiger charge is 2.32. The van der Waals surface area contributed by atoms with Crippen LogP contribution in [0.1, 0.15) is 17.2 Å². The van der Waals surface area contributed by atoms with Crippen molar-refractivity contribution in [1.29, 1.82) is 0 Å². The summed E-state index contributed by atoms with van der Waals surface area (Å²) < 4.78 is 30.3. The van der Waals surface area contributed by atoms with Crippen molar-refractivity contribution in [2.75, 3.05) is 27.5 Å². The minimum absolute atomic E-state index is 0.292. The molecule has 0 radical (unpaired) electrons. The Labute approximate surface area is 155 Å². The van der Waals surface area contributed by atoms with Crippen LogP contribution in [0.5, 0.6) is 5.75 Å². The lowest BCUT2D eigenvalue weighted by atomic mass is 10.1. The third-order valence-corrected chi connectivity index (χ3v) is 5.45. The van der Waals surface area contributed by atoms with E-state index in [0.29, 0.717) is 12.1 Å². The van der Waals surface area contributed by atoms with Crippen LogP contribution in [0.4, 0.5) is 0 Å². The standard InChI is InChI=1S/C19H24N2O4S/c1-20(14-15-10-12-17(25-3)13-11-15)19(22)18(21(2)26(4,23)24)16-8-6-5-7-9-16/h5-13,18H,14H2,1-4H3/t18-/m1/s1. The van der Waals surface area contributed by atoms with Gasteiger partial charge in [0.05, 0.1) is 13.4 Å². The molecule has 0 heterocycles. The van der Waals surface area contributed by atoms with Crippen molar-refractivity contribution in [1.82, 2.24) is 9.21 Å². The van der Waals surface area contributed by atoms with Gasteiger partial charge >= 0.3 is 0 Å². The lowest BCUT2D eigenvalue weighted by molar-refractivity contribution is -0.134. The Morgan fingerprint density at radius 2 is 1.62 bits per heavy atom. The maximum atomic E-state index is 13.1. The lowest BCUT2D eigenvalue weighted by Gasteiger charge is -2.29. The molecule has 0 aliphatic heterocycles. The molecule has 0 saturated heterocycles. The second-order valence-electron chi connectivity index (χ2n) is 6.13. The van der Waals surface area contributed by atoms with Crippen LogP contribution in [0, 0.1) is 0 Å². The van der Waals surface area contributed by atoms with Crippen LogP contribution < -0.4 is 4.74 Å². The molecule has 2 aromatic carbocycles. The van der Waals surface area contributed by atoms with Crippen molar-refractivity contribution in [3.8, 4) is 5.75 Å². The number of benzene rings is 2. The first kappa shape index (κ1) is 19.9. The summed E-state index contributed by atoms with van der Waals surface area (Å²) in [7, 11) is 1.14. The Morgan fingerprint density at radius 1 is 1.04 bits per heavy atom. The molecule has 0 unspecified atom stereocenters. The Kier molecular flexibility index (Phi) is 6.39. The molecule has 2 rings (SSSR count). The lowest BCUT2D eigenvalue weighted by Crippen LogP contribution is -2.41. The molecule has 1 amide bonds. The van der Waals surface area contributed by atoms with E-state index < -0.39 is 16.1 Å². The Hall–Kier alpha value is -2.38. The van der Waals surface area contributed by atoms with Crippen molar-refractivity contribution in [3.63, 3.8) is 0 Å². The van der Waals surface area contributed by atoms with Crippen LogP contribution >= 0.6 is 0 Å². The van der Waals surface area contributed by atoms with Gasteiger partial charge in [-0.2, -0.15) is 4.31 Å². The molecule has 26 heavy (non-hydrogen) atoms. The molecule has 140 valence electrons. The summed E-state index contributed by atoms with van der Waals surface area (Å²) in [6.07, 6.45) is 1.10. The van der Waals surface area contributed by atoms with Gasteiger partial charge in [0.15, 0.2) is 0 Å². The number of rotatable bonds is 7. The number of hydrogen-bond acceptors (Lipinski definition) is 4. The van der Waals surface area contributed by atoms with Crippen LogP contribution in [-0.4, -0.2) is 51.0 Å². The number of amides is 1. The fourth-order valence-electron chi connectivity index (χ4n) is 2.63. The van der Waals surface area contributed by atoms with Gasteiger partial charge in [0, 0.05) is 20.6 Å². The van der Waals surface area contributed by atoms with E-state index in [4.69, 9.17) is 4.74 Å². The molecule has 0 saturated carbocycles. The third kappa shape index (κ3) is 4.83. The SMILES string of the molecule is COc1ccc(CN(C)C(=O)[C@@H](c2ccccc2)N(C)S(C)(=O)=O)cc1. The number of likely N-dealkylation sites (N-methyl/N-ethyl adjacent to an activating group) is 2. The highest BCUT2D eigenvalue weighted by molar-refractivity contribution is 7.88. The van der Waals surface area contributed by atoms with Gasteiger partial charge in [-0.25, -0.2) is 8.42 Å². The highest BCUT2D eigenvalue weighted by atomic mass is 32.2. The molecule has 0 aromatic heterocycles. The number of carbonyl (C=O) groups is 1. The topological polar surface area (TPSA) is 66.9 Å². The molecule has 7 heteroatoms. The van der Waals surface area contributed by atoms with Gasteiger partial charge < -0.3 is 9.64 Å². The van der Waals surface area contributed by atoms with Crippen molar-refractivity contribution in [3.05, 3.63) is 65.7 Å². The molecule has 0 aliphatic carbocycles. The van der Waals surface area contributed by atoms with Crippen molar-refractivity contribution in [2.45, 2.75) is 12.6 Å². The molecule has 2 aromatic rings. The second-order valence-corrected chi connectivity index (χ2v) is 8.18. The molecular formula is C19H24N2O4S. The molecule has 0 spiro atoms. The van der Waals surface area contributed by atoms with E-state index in [9.17, 15) is 13.2 Å². The van der Waals surface area contributed by atoms with E-state index >= 15 is 0 Å². The predicted molar refractivity (Wildman–Crippen MR) is 101 cm³/mol. The van der Waals surface area contributed by atoms with Crippen LogP contribution in [-0.2, 0) is 21.4 Å². The first-order valence-corrected chi connectivity index (χ1v) is 9.94. The number of nitrogens with zero attached hydrogens (tertiary/aromatic N) is 2. The molecule has 1 atom stereocenters. The normalized spacial score (nSPS) is 12.7. The number of methoxy groups -OCH3 is 1. The molecule has 6 nitrogen and oxygen atoms in total. The fourth-order valence-corrected chi connectivity index (χ4v) is 3.22. The zero-order valence-electron chi connectivity index (χ0n) is 15.4. The number of carbonyl (C=O) groups excluding carboxylic acids is 1. The Bertz CT molecular complexity index is 836. The molecule has 0 N–H and O–H groups in total. The van der Waals surface area contributed by atoms with E-state index in [-0.39, 0.29) is 5.91 Å². The van der Waals surface area contributed by atoms with Crippen molar-refractivity contribution in [2.24, 2.45) is 0 Å². The summed E-state index contributed by atoms with van der Waals surface area (Å²) >= 11 is 0. The summed E-state index contributed by atoms with van der Waals surface area (Å²) in [5.41, 5.74) is 1.56. The zero-order valence-corrected chi connectivity index (χ0v) is 16.2. The summed E-state index contributed by atoms with van der Waals surface area (Å²) in [6, 6.07) is 15.4.